The van der Waals surface area contributed by atoms with Crippen LogP contribution < -0.4 is 15.4 Å². The molecule has 1 aliphatic rings. The van der Waals surface area contributed by atoms with E-state index in [1.165, 1.54) is 5.56 Å². The summed E-state index contributed by atoms with van der Waals surface area (Å²) in [6, 6.07) is 14.1. The Morgan fingerprint density at radius 3 is 2.45 bits per heavy atom. The summed E-state index contributed by atoms with van der Waals surface area (Å²) in [5.41, 5.74) is 1.16. The molecule has 0 spiro atoms. The molecule has 0 aromatic heterocycles. The molecular weight excluding hydrogens is 394 g/mol. The van der Waals surface area contributed by atoms with Crippen molar-refractivity contribution in [3.8, 4) is 5.75 Å². The van der Waals surface area contributed by atoms with Crippen molar-refractivity contribution in [2.75, 3.05) is 18.5 Å². The minimum absolute atomic E-state index is 0.379. The van der Waals surface area contributed by atoms with Crippen LogP contribution in [0.25, 0.3) is 0 Å². The highest BCUT2D eigenvalue weighted by Crippen LogP contribution is 2.29. The molecule has 4 amide bonds. The predicted molar refractivity (Wildman–Crippen MR) is 119 cm³/mol. The topological polar surface area (TPSA) is 87.7 Å². The maximum atomic E-state index is 13.1. The van der Waals surface area contributed by atoms with Crippen molar-refractivity contribution >= 4 is 23.5 Å². The summed E-state index contributed by atoms with van der Waals surface area (Å²) in [7, 11) is 0. The van der Waals surface area contributed by atoms with Gasteiger partial charge in [-0.15, -0.1) is 0 Å². The van der Waals surface area contributed by atoms with Gasteiger partial charge < -0.3 is 15.4 Å². The quantitative estimate of drug-likeness (QED) is 0.600. The molecule has 31 heavy (non-hydrogen) atoms. The third kappa shape index (κ3) is 4.87. The van der Waals surface area contributed by atoms with E-state index in [1.54, 1.807) is 25.1 Å². The molecule has 0 radical (unpaired) electrons. The van der Waals surface area contributed by atoms with Crippen LogP contribution in [-0.2, 0) is 21.5 Å². The molecule has 0 aliphatic carbocycles. The van der Waals surface area contributed by atoms with E-state index in [0.717, 1.165) is 24.2 Å². The van der Waals surface area contributed by atoms with Gasteiger partial charge >= 0.3 is 6.03 Å². The van der Waals surface area contributed by atoms with Crippen molar-refractivity contribution in [2.24, 2.45) is 0 Å². The summed E-state index contributed by atoms with van der Waals surface area (Å²) < 4.78 is 5.64. The van der Waals surface area contributed by atoms with Crippen molar-refractivity contribution in [2.45, 2.75) is 45.6 Å². The second-order valence-electron chi connectivity index (χ2n) is 7.79. The first-order chi connectivity index (χ1) is 14.9. The van der Waals surface area contributed by atoms with Gasteiger partial charge in [-0.3, -0.25) is 14.5 Å². The minimum atomic E-state index is -1.20. The summed E-state index contributed by atoms with van der Waals surface area (Å²) in [6.45, 7) is 5.90. The van der Waals surface area contributed by atoms with Gasteiger partial charge in [-0.2, -0.15) is 0 Å². The van der Waals surface area contributed by atoms with Crippen LogP contribution in [0.4, 0.5) is 10.5 Å². The summed E-state index contributed by atoms with van der Waals surface area (Å²) in [6.07, 6.45) is 2.82. The molecule has 0 bridgehead atoms. The molecule has 1 saturated heterocycles. The fourth-order valence-corrected chi connectivity index (χ4v) is 3.57. The first kappa shape index (κ1) is 22.3. The van der Waals surface area contributed by atoms with Crippen LogP contribution in [0.15, 0.2) is 48.5 Å². The van der Waals surface area contributed by atoms with E-state index in [0.29, 0.717) is 23.6 Å². The zero-order chi connectivity index (χ0) is 22.4. The highest BCUT2D eigenvalue weighted by Gasteiger charge is 2.49. The molecule has 3 rings (SSSR count). The first-order valence-electron chi connectivity index (χ1n) is 10.6. The molecule has 1 aliphatic heterocycles. The summed E-state index contributed by atoms with van der Waals surface area (Å²) in [5, 5.41) is 5.48. The lowest BCUT2D eigenvalue weighted by molar-refractivity contribution is -0.133. The number of para-hydroxylation sites is 2. The average Bonchev–Trinajstić information content (AvgIpc) is 2.97. The number of nitrogens with one attached hydrogen (secondary N) is 2. The fraction of sp³-hybridized carbons (Fsp3) is 0.375. The molecule has 164 valence electrons. The van der Waals surface area contributed by atoms with Crippen LogP contribution in [0.1, 0.15) is 44.7 Å². The molecule has 0 unspecified atom stereocenters. The van der Waals surface area contributed by atoms with Gasteiger partial charge in [0.05, 0.1) is 12.3 Å². The van der Waals surface area contributed by atoms with E-state index in [4.69, 9.17) is 4.74 Å². The van der Waals surface area contributed by atoms with E-state index in [2.05, 4.69) is 17.6 Å². The van der Waals surface area contributed by atoms with Crippen LogP contribution in [0.3, 0.4) is 0 Å². The number of anilines is 1. The summed E-state index contributed by atoms with van der Waals surface area (Å²) >= 11 is 0. The number of ether oxygens (including phenoxy) is 1. The number of urea groups is 1. The molecule has 2 N–H and O–H groups in total. The molecule has 2 aromatic carbocycles. The Labute approximate surface area is 182 Å². The molecule has 1 fully saturated rings. The van der Waals surface area contributed by atoms with Crippen molar-refractivity contribution in [3.05, 3.63) is 59.7 Å². The Bertz CT molecular complexity index is 958. The normalized spacial score (nSPS) is 18.1. The standard InChI is InChI=1S/C24H29N3O4/c1-4-8-17-11-13-18(14-12-17)24(3)22(29)27(23(30)26-24)16-21(28)25-19-9-6-7-10-20(19)31-15-5-2/h6-7,9-14H,4-5,8,15-16H2,1-3H3,(H,25,28)(H,26,30)/t24-/m1/s1. The molecule has 0 saturated carbocycles. The van der Waals surface area contributed by atoms with Gasteiger partial charge in [-0.25, -0.2) is 4.79 Å². The Kier molecular flexibility index (Phi) is 6.95. The number of imide groups is 1. The van der Waals surface area contributed by atoms with Gasteiger partial charge in [-0.05, 0) is 43.0 Å². The zero-order valence-corrected chi connectivity index (χ0v) is 18.2. The number of rotatable bonds is 9. The number of amides is 4. The maximum Gasteiger partial charge on any atom is 0.325 e. The van der Waals surface area contributed by atoms with Gasteiger partial charge in [0, 0.05) is 0 Å². The van der Waals surface area contributed by atoms with Gasteiger partial charge in [0.15, 0.2) is 0 Å². The van der Waals surface area contributed by atoms with Gasteiger partial charge in [0.2, 0.25) is 5.91 Å². The highest BCUT2D eigenvalue weighted by atomic mass is 16.5. The fourth-order valence-electron chi connectivity index (χ4n) is 3.57. The Hall–Kier alpha value is -3.35. The SMILES string of the molecule is CCCOc1ccccc1NC(=O)CN1C(=O)N[C@](C)(c2ccc(CCC)cc2)C1=O. The van der Waals surface area contributed by atoms with Crippen molar-refractivity contribution < 1.29 is 19.1 Å². The molecule has 7 nitrogen and oxygen atoms in total. The lowest BCUT2D eigenvalue weighted by atomic mass is 9.91. The smallest absolute Gasteiger partial charge is 0.325 e. The molecule has 1 atom stereocenters. The number of benzene rings is 2. The number of nitrogens with zero attached hydrogens (tertiary/aromatic N) is 1. The van der Waals surface area contributed by atoms with Crippen molar-refractivity contribution in [1.82, 2.24) is 10.2 Å². The van der Waals surface area contributed by atoms with Gasteiger partial charge in [-0.1, -0.05) is 56.7 Å². The lowest BCUT2D eigenvalue weighted by Crippen LogP contribution is -2.42. The predicted octanol–water partition coefficient (Wildman–Crippen LogP) is 3.83. The largest absolute Gasteiger partial charge is 0.491 e. The van der Waals surface area contributed by atoms with Gasteiger partial charge in [0.25, 0.3) is 5.91 Å². The monoisotopic (exact) mass is 423 g/mol. The third-order valence-electron chi connectivity index (χ3n) is 5.27. The van der Waals surface area contributed by atoms with Crippen LogP contribution in [-0.4, -0.2) is 35.9 Å². The van der Waals surface area contributed by atoms with Crippen LogP contribution in [0, 0.1) is 0 Å². The average molecular weight is 424 g/mol. The van der Waals surface area contributed by atoms with E-state index in [9.17, 15) is 14.4 Å². The number of hydrogen-bond donors (Lipinski definition) is 2. The Balaban J connectivity index is 1.71. The van der Waals surface area contributed by atoms with E-state index >= 15 is 0 Å². The molecule has 7 heteroatoms. The lowest BCUT2D eigenvalue weighted by Gasteiger charge is -2.22. The summed E-state index contributed by atoms with van der Waals surface area (Å²) in [4.78, 5) is 39.2. The number of carbonyl (C=O) groups is 3. The summed E-state index contributed by atoms with van der Waals surface area (Å²) in [5.74, 6) is -0.378. The minimum Gasteiger partial charge on any atom is -0.491 e. The first-order valence-corrected chi connectivity index (χ1v) is 10.6. The van der Waals surface area contributed by atoms with E-state index in [1.807, 2.05) is 37.3 Å². The number of carbonyl (C=O) groups excluding carboxylic acids is 3. The highest BCUT2D eigenvalue weighted by molar-refractivity contribution is 6.10. The number of aryl methyl sites for hydroxylation is 1. The Morgan fingerprint density at radius 2 is 1.77 bits per heavy atom. The van der Waals surface area contributed by atoms with Crippen LogP contribution in [0.2, 0.25) is 0 Å². The second-order valence-corrected chi connectivity index (χ2v) is 7.79. The van der Waals surface area contributed by atoms with Crippen molar-refractivity contribution in [3.63, 3.8) is 0 Å². The van der Waals surface area contributed by atoms with E-state index in [-0.39, 0.29) is 6.54 Å². The second kappa shape index (κ2) is 9.64. The molecular formula is C24H29N3O4. The Morgan fingerprint density at radius 1 is 1.06 bits per heavy atom. The zero-order valence-electron chi connectivity index (χ0n) is 18.2. The maximum absolute atomic E-state index is 13.1. The number of hydrogen-bond acceptors (Lipinski definition) is 4. The third-order valence-corrected chi connectivity index (χ3v) is 5.27. The van der Waals surface area contributed by atoms with Crippen molar-refractivity contribution in [1.29, 1.82) is 0 Å². The van der Waals surface area contributed by atoms with Crippen LogP contribution in [0.5, 0.6) is 5.75 Å². The molecule has 1 heterocycles. The van der Waals surface area contributed by atoms with Gasteiger partial charge in [0.1, 0.15) is 17.8 Å². The van der Waals surface area contributed by atoms with E-state index < -0.39 is 23.4 Å². The van der Waals surface area contributed by atoms with Crippen LogP contribution >= 0.6 is 0 Å². The molecule has 2 aromatic rings.